The van der Waals surface area contributed by atoms with Gasteiger partial charge in [-0.2, -0.15) is 0 Å². The van der Waals surface area contributed by atoms with Gasteiger partial charge < -0.3 is 10.4 Å². The highest BCUT2D eigenvalue weighted by molar-refractivity contribution is 4.88. The molecule has 0 aromatic rings. The van der Waals surface area contributed by atoms with Gasteiger partial charge in [-0.3, -0.25) is 0 Å². The molecule has 1 rings (SSSR count). The van der Waals surface area contributed by atoms with Gasteiger partial charge in [0.2, 0.25) is 0 Å². The van der Waals surface area contributed by atoms with Crippen LogP contribution < -0.4 is 5.32 Å². The first-order valence-corrected chi connectivity index (χ1v) is 7.19. The third-order valence-corrected chi connectivity index (χ3v) is 4.09. The first-order valence-electron chi connectivity index (χ1n) is 7.19. The molecule has 0 amide bonds. The monoisotopic (exact) mass is 241 g/mol. The first-order chi connectivity index (χ1) is 7.72. The summed E-state index contributed by atoms with van der Waals surface area (Å²) < 4.78 is 0. The lowest BCUT2D eigenvalue weighted by molar-refractivity contribution is 0.0183. The topological polar surface area (TPSA) is 32.3 Å². The molecule has 2 nitrogen and oxygen atoms in total. The van der Waals surface area contributed by atoms with E-state index in [1.807, 2.05) is 0 Å². The Morgan fingerprint density at radius 3 is 2.41 bits per heavy atom. The molecule has 0 spiro atoms. The number of hydrogen-bond donors (Lipinski definition) is 2. The van der Waals surface area contributed by atoms with E-state index in [0.717, 1.165) is 31.2 Å². The predicted molar refractivity (Wildman–Crippen MR) is 74.1 cm³/mol. The summed E-state index contributed by atoms with van der Waals surface area (Å²) in [4.78, 5) is 0. The Kier molecular flexibility index (Phi) is 5.03. The third kappa shape index (κ3) is 5.39. The molecule has 1 fully saturated rings. The molecule has 0 heterocycles. The number of nitrogens with one attached hydrogen (secondary N) is 1. The zero-order chi connectivity index (χ0) is 13.1. The van der Waals surface area contributed by atoms with Crippen molar-refractivity contribution in [2.45, 2.75) is 77.9 Å². The predicted octanol–water partition coefficient (Wildman–Crippen LogP) is 3.34. The minimum absolute atomic E-state index is 0.0967. The van der Waals surface area contributed by atoms with E-state index < -0.39 is 5.60 Å². The van der Waals surface area contributed by atoms with Crippen LogP contribution in [0.15, 0.2) is 0 Å². The Morgan fingerprint density at radius 1 is 1.24 bits per heavy atom. The molecule has 0 radical (unpaired) electrons. The van der Waals surface area contributed by atoms with Crippen LogP contribution in [0.4, 0.5) is 0 Å². The zero-order valence-corrected chi connectivity index (χ0v) is 12.3. The molecule has 0 saturated heterocycles. The molecule has 0 aromatic heterocycles. The maximum absolute atomic E-state index is 10.7. The summed E-state index contributed by atoms with van der Waals surface area (Å²) in [5.41, 5.74) is -0.379. The molecular weight excluding hydrogens is 210 g/mol. The molecule has 0 bridgehead atoms. The second-order valence-electron chi connectivity index (χ2n) is 7.26. The van der Waals surface area contributed by atoms with Crippen molar-refractivity contribution < 1.29 is 5.11 Å². The lowest BCUT2D eigenvalue weighted by atomic mass is 9.87. The van der Waals surface area contributed by atoms with Gasteiger partial charge in [-0.15, -0.1) is 0 Å². The first kappa shape index (κ1) is 15.0. The van der Waals surface area contributed by atoms with Gasteiger partial charge in [0, 0.05) is 12.1 Å². The molecule has 2 atom stereocenters. The van der Waals surface area contributed by atoms with Gasteiger partial charge in [-0.1, -0.05) is 26.7 Å². The molecular formula is C15H31NO. The summed E-state index contributed by atoms with van der Waals surface area (Å²) >= 11 is 0. The van der Waals surface area contributed by atoms with Crippen LogP contribution in [0.1, 0.15) is 66.7 Å². The fourth-order valence-electron chi connectivity index (χ4n) is 2.69. The minimum Gasteiger partial charge on any atom is -0.389 e. The molecule has 102 valence electrons. The number of aliphatic hydroxyl groups is 1. The molecule has 1 aliphatic carbocycles. The molecule has 1 saturated carbocycles. The molecule has 0 aliphatic heterocycles. The van der Waals surface area contributed by atoms with Crippen molar-refractivity contribution in [3.63, 3.8) is 0 Å². The van der Waals surface area contributed by atoms with Crippen LogP contribution in [-0.2, 0) is 0 Å². The second kappa shape index (κ2) is 5.71. The molecule has 2 N–H and O–H groups in total. The highest BCUT2D eigenvalue weighted by Gasteiger charge is 2.32. The highest BCUT2D eigenvalue weighted by Crippen LogP contribution is 2.33. The maximum Gasteiger partial charge on any atom is 0.0771 e. The van der Waals surface area contributed by atoms with E-state index >= 15 is 0 Å². The van der Waals surface area contributed by atoms with Crippen LogP contribution in [0, 0.1) is 11.8 Å². The van der Waals surface area contributed by atoms with Crippen molar-refractivity contribution in [1.82, 2.24) is 5.32 Å². The summed E-state index contributed by atoms with van der Waals surface area (Å²) in [5, 5.41) is 14.1. The maximum atomic E-state index is 10.7. The average Bonchev–Trinajstić information content (AvgIpc) is 2.37. The van der Waals surface area contributed by atoms with E-state index in [4.69, 9.17) is 0 Å². The Hall–Kier alpha value is -0.0800. The van der Waals surface area contributed by atoms with Gasteiger partial charge in [0.15, 0.2) is 0 Å². The summed E-state index contributed by atoms with van der Waals surface area (Å²) in [6.07, 6.45) is 5.55. The summed E-state index contributed by atoms with van der Waals surface area (Å²) in [6.45, 7) is 11.8. The summed E-state index contributed by atoms with van der Waals surface area (Å²) in [5.74, 6) is 1.56. The number of hydrogen-bond acceptors (Lipinski definition) is 2. The minimum atomic E-state index is -0.475. The number of β-amino-alcohol motifs (C(OH)–C–C–N with tert-alkyl or cyclic N) is 1. The van der Waals surface area contributed by atoms with E-state index in [1.165, 1.54) is 19.3 Å². The normalized spacial score (nSPS) is 31.6. The van der Waals surface area contributed by atoms with Crippen molar-refractivity contribution in [3.05, 3.63) is 0 Å². The third-order valence-electron chi connectivity index (χ3n) is 4.09. The molecule has 2 unspecified atom stereocenters. The number of rotatable bonds is 3. The quantitative estimate of drug-likeness (QED) is 0.743. The fraction of sp³-hybridized carbons (Fsp3) is 1.00. The van der Waals surface area contributed by atoms with Crippen molar-refractivity contribution in [2.75, 3.05) is 6.54 Å². The lowest BCUT2D eigenvalue weighted by Crippen LogP contribution is -2.47. The van der Waals surface area contributed by atoms with Gasteiger partial charge in [0.1, 0.15) is 0 Å². The Labute approximate surface area is 107 Å². The van der Waals surface area contributed by atoms with Gasteiger partial charge in [0.05, 0.1) is 5.60 Å². The largest absolute Gasteiger partial charge is 0.389 e. The molecule has 17 heavy (non-hydrogen) atoms. The lowest BCUT2D eigenvalue weighted by Gasteiger charge is -2.32. The van der Waals surface area contributed by atoms with Gasteiger partial charge in [-0.05, 0) is 51.9 Å². The van der Waals surface area contributed by atoms with E-state index in [1.54, 1.807) is 0 Å². The van der Waals surface area contributed by atoms with Crippen molar-refractivity contribution in [3.8, 4) is 0 Å². The van der Waals surface area contributed by atoms with E-state index in [0.29, 0.717) is 0 Å². The fourth-order valence-corrected chi connectivity index (χ4v) is 2.69. The van der Waals surface area contributed by atoms with E-state index in [9.17, 15) is 5.11 Å². The van der Waals surface area contributed by atoms with Crippen LogP contribution in [0.25, 0.3) is 0 Å². The van der Waals surface area contributed by atoms with E-state index in [-0.39, 0.29) is 5.54 Å². The zero-order valence-electron chi connectivity index (χ0n) is 12.3. The van der Waals surface area contributed by atoms with Crippen LogP contribution in [0.2, 0.25) is 0 Å². The average molecular weight is 241 g/mol. The van der Waals surface area contributed by atoms with Crippen molar-refractivity contribution in [1.29, 1.82) is 0 Å². The van der Waals surface area contributed by atoms with Crippen molar-refractivity contribution in [2.24, 2.45) is 11.8 Å². The SMILES string of the molecule is CC(C)C1CCCC(O)(CNC(C)(C)C)CC1. The van der Waals surface area contributed by atoms with Crippen LogP contribution in [0.5, 0.6) is 0 Å². The van der Waals surface area contributed by atoms with Crippen LogP contribution >= 0.6 is 0 Å². The van der Waals surface area contributed by atoms with Gasteiger partial charge >= 0.3 is 0 Å². The second-order valence-corrected chi connectivity index (χ2v) is 7.26. The molecule has 1 aliphatic rings. The van der Waals surface area contributed by atoms with Crippen LogP contribution in [0.3, 0.4) is 0 Å². The molecule has 0 aromatic carbocycles. The highest BCUT2D eigenvalue weighted by atomic mass is 16.3. The van der Waals surface area contributed by atoms with Crippen LogP contribution in [-0.4, -0.2) is 22.8 Å². The van der Waals surface area contributed by atoms with Gasteiger partial charge in [-0.25, -0.2) is 0 Å². The smallest absolute Gasteiger partial charge is 0.0771 e. The van der Waals surface area contributed by atoms with Crippen molar-refractivity contribution >= 4 is 0 Å². The van der Waals surface area contributed by atoms with Gasteiger partial charge in [0.25, 0.3) is 0 Å². The Bertz CT molecular complexity index is 232. The van der Waals surface area contributed by atoms with E-state index in [2.05, 4.69) is 39.9 Å². The molecule has 2 heteroatoms. The Morgan fingerprint density at radius 2 is 1.88 bits per heavy atom. The summed E-state index contributed by atoms with van der Waals surface area (Å²) in [6, 6.07) is 0. The Balaban J connectivity index is 2.48. The summed E-state index contributed by atoms with van der Waals surface area (Å²) in [7, 11) is 0. The standard InChI is InChI=1S/C15H31NO/c1-12(2)13-7-6-9-15(17,10-8-13)11-16-14(3,4)5/h12-13,16-17H,6-11H2,1-5H3.